The molecule has 1 atom stereocenters. The Kier molecular flexibility index (Phi) is 6.61. The van der Waals surface area contributed by atoms with Gasteiger partial charge in [-0.1, -0.05) is 6.07 Å². The zero-order valence-electron chi connectivity index (χ0n) is 12.5. The Labute approximate surface area is 132 Å². The summed E-state index contributed by atoms with van der Waals surface area (Å²) in [5, 5.41) is 12.0. The van der Waals surface area contributed by atoms with Crippen LogP contribution in [0.1, 0.15) is 26.3 Å². The SMILES string of the molecule is CC(C)(C)OC(=O)NC[C@@H](CO)Cc1ccc(F)c(Br)c1. The molecule has 0 saturated heterocycles. The van der Waals surface area contributed by atoms with E-state index in [1.165, 1.54) is 6.07 Å². The van der Waals surface area contributed by atoms with E-state index in [1.807, 2.05) is 0 Å². The molecule has 21 heavy (non-hydrogen) atoms. The van der Waals surface area contributed by atoms with Crippen LogP contribution in [0.15, 0.2) is 22.7 Å². The molecule has 0 radical (unpaired) electrons. The third-order valence-corrected chi connectivity index (χ3v) is 3.31. The molecule has 0 spiro atoms. The van der Waals surface area contributed by atoms with E-state index in [9.17, 15) is 14.3 Å². The summed E-state index contributed by atoms with van der Waals surface area (Å²) in [7, 11) is 0. The van der Waals surface area contributed by atoms with Crippen LogP contribution in [0.5, 0.6) is 0 Å². The summed E-state index contributed by atoms with van der Waals surface area (Å²) in [5.74, 6) is -0.485. The van der Waals surface area contributed by atoms with Crippen molar-refractivity contribution in [2.24, 2.45) is 5.92 Å². The zero-order valence-corrected chi connectivity index (χ0v) is 14.0. The molecule has 0 bridgehead atoms. The molecule has 1 amide bonds. The Balaban J connectivity index is 2.51. The van der Waals surface area contributed by atoms with Crippen molar-refractivity contribution >= 4 is 22.0 Å². The lowest BCUT2D eigenvalue weighted by atomic mass is 10.00. The molecule has 0 fully saturated rings. The fourth-order valence-corrected chi connectivity index (χ4v) is 2.17. The van der Waals surface area contributed by atoms with Crippen LogP contribution >= 0.6 is 15.9 Å². The smallest absolute Gasteiger partial charge is 0.407 e. The summed E-state index contributed by atoms with van der Waals surface area (Å²) in [6.07, 6.45) is 0.0202. The summed E-state index contributed by atoms with van der Waals surface area (Å²) in [6.45, 7) is 5.57. The number of benzene rings is 1. The van der Waals surface area contributed by atoms with Gasteiger partial charge in [-0.25, -0.2) is 9.18 Å². The van der Waals surface area contributed by atoms with E-state index >= 15 is 0 Å². The number of amides is 1. The first kappa shape index (κ1) is 17.9. The van der Waals surface area contributed by atoms with Gasteiger partial charge in [0.25, 0.3) is 0 Å². The highest BCUT2D eigenvalue weighted by Gasteiger charge is 2.17. The molecule has 0 unspecified atom stereocenters. The molecule has 4 nitrogen and oxygen atoms in total. The number of carbonyl (C=O) groups excluding carboxylic acids is 1. The second-order valence-electron chi connectivity index (χ2n) is 5.88. The predicted octanol–water partition coefficient (Wildman–Crippen LogP) is 3.26. The first-order chi connectivity index (χ1) is 9.71. The monoisotopic (exact) mass is 361 g/mol. The molecule has 0 aliphatic heterocycles. The van der Waals surface area contributed by atoms with E-state index in [0.29, 0.717) is 17.4 Å². The van der Waals surface area contributed by atoms with Gasteiger partial charge in [0.2, 0.25) is 0 Å². The minimum Gasteiger partial charge on any atom is -0.444 e. The average molecular weight is 362 g/mol. The molecule has 6 heteroatoms. The normalized spacial score (nSPS) is 12.9. The van der Waals surface area contributed by atoms with Gasteiger partial charge < -0.3 is 15.2 Å². The molecule has 2 N–H and O–H groups in total. The highest BCUT2D eigenvalue weighted by Crippen LogP contribution is 2.19. The quantitative estimate of drug-likeness (QED) is 0.845. The summed E-state index contributed by atoms with van der Waals surface area (Å²) in [5.41, 5.74) is 0.328. The molecule has 0 aliphatic rings. The van der Waals surface area contributed by atoms with Gasteiger partial charge in [-0.05, 0) is 60.8 Å². The molecule has 1 rings (SSSR count). The van der Waals surface area contributed by atoms with Crippen molar-refractivity contribution in [3.8, 4) is 0 Å². The first-order valence-electron chi connectivity index (χ1n) is 6.73. The number of aliphatic hydroxyl groups is 1. The second kappa shape index (κ2) is 7.75. The van der Waals surface area contributed by atoms with Crippen LogP contribution in [0.25, 0.3) is 0 Å². The molecule has 1 aromatic rings. The van der Waals surface area contributed by atoms with E-state index in [4.69, 9.17) is 4.74 Å². The van der Waals surface area contributed by atoms with Crippen molar-refractivity contribution in [3.63, 3.8) is 0 Å². The Morgan fingerprint density at radius 3 is 2.67 bits per heavy atom. The lowest BCUT2D eigenvalue weighted by Gasteiger charge is -2.21. The van der Waals surface area contributed by atoms with Crippen molar-refractivity contribution in [3.05, 3.63) is 34.1 Å². The highest BCUT2D eigenvalue weighted by atomic mass is 79.9. The molecule has 0 aliphatic carbocycles. The maximum Gasteiger partial charge on any atom is 0.407 e. The number of carbonyl (C=O) groups is 1. The van der Waals surface area contributed by atoms with Crippen LogP contribution < -0.4 is 5.32 Å². The highest BCUT2D eigenvalue weighted by molar-refractivity contribution is 9.10. The molecule has 1 aromatic carbocycles. The number of aliphatic hydroxyl groups excluding tert-OH is 1. The van der Waals surface area contributed by atoms with Crippen molar-refractivity contribution in [2.75, 3.05) is 13.2 Å². The van der Waals surface area contributed by atoms with Crippen LogP contribution in [-0.4, -0.2) is 30.0 Å². The Morgan fingerprint density at radius 2 is 2.14 bits per heavy atom. The maximum absolute atomic E-state index is 13.2. The molecular formula is C15H21BrFNO3. The Hall–Kier alpha value is -1.14. The number of hydrogen-bond acceptors (Lipinski definition) is 3. The largest absolute Gasteiger partial charge is 0.444 e. The lowest BCUT2D eigenvalue weighted by molar-refractivity contribution is 0.0512. The van der Waals surface area contributed by atoms with Crippen LogP contribution in [0, 0.1) is 11.7 Å². The standard InChI is InChI=1S/C15H21BrFNO3/c1-15(2,3)21-14(20)18-8-11(9-19)6-10-4-5-13(17)12(16)7-10/h4-5,7,11,19H,6,8-9H2,1-3H3,(H,18,20)/t11-/m0/s1. The van der Waals surface area contributed by atoms with Crippen molar-refractivity contribution in [1.29, 1.82) is 0 Å². The van der Waals surface area contributed by atoms with Crippen molar-refractivity contribution in [2.45, 2.75) is 32.8 Å². The van der Waals surface area contributed by atoms with Gasteiger partial charge in [0.05, 0.1) is 4.47 Å². The van der Waals surface area contributed by atoms with E-state index in [2.05, 4.69) is 21.2 Å². The number of halogens is 2. The van der Waals surface area contributed by atoms with Crippen LogP contribution in [0.3, 0.4) is 0 Å². The van der Waals surface area contributed by atoms with Crippen molar-refractivity contribution < 1.29 is 19.0 Å². The van der Waals surface area contributed by atoms with E-state index in [1.54, 1.807) is 32.9 Å². The van der Waals surface area contributed by atoms with Gasteiger partial charge in [0.15, 0.2) is 0 Å². The lowest BCUT2D eigenvalue weighted by Crippen LogP contribution is -2.36. The summed E-state index contributed by atoms with van der Waals surface area (Å²) >= 11 is 3.13. The zero-order chi connectivity index (χ0) is 16.0. The number of nitrogens with one attached hydrogen (secondary N) is 1. The number of rotatable bonds is 5. The van der Waals surface area contributed by atoms with Crippen LogP contribution in [0.2, 0.25) is 0 Å². The minimum absolute atomic E-state index is 0.0786. The number of hydrogen-bond donors (Lipinski definition) is 2. The summed E-state index contributed by atoms with van der Waals surface area (Å²) in [6, 6.07) is 4.71. The minimum atomic E-state index is -0.555. The molecule has 0 aromatic heterocycles. The predicted molar refractivity (Wildman–Crippen MR) is 82.6 cm³/mol. The van der Waals surface area contributed by atoms with Gasteiger partial charge in [0, 0.05) is 19.1 Å². The fourth-order valence-electron chi connectivity index (χ4n) is 1.74. The Bertz CT molecular complexity index is 488. The first-order valence-corrected chi connectivity index (χ1v) is 7.52. The van der Waals surface area contributed by atoms with Gasteiger partial charge in [-0.2, -0.15) is 0 Å². The van der Waals surface area contributed by atoms with Crippen LogP contribution in [-0.2, 0) is 11.2 Å². The summed E-state index contributed by atoms with van der Waals surface area (Å²) in [4.78, 5) is 11.6. The molecule has 0 heterocycles. The topological polar surface area (TPSA) is 58.6 Å². The fraction of sp³-hybridized carbons (Fsp3) is 0.533. The molecular weight excluding hydrogens is 341 g/mol. The third-order valence-electron chi connectivity index (χ3n) is 2.70. The van der Waals surface area contributed by atoms with Crippen LogP contribution in [0.4, 0.5) is 9.18 Å². The maximum atomic E-state index is 13.2. The van der Waals surface area contributed by atoms with Gasteiger partial charge in [-0.15, -0.1) is 0 Å². The van der Waals surface area contributed by atoms with E-state index < -0.39 is 11.7 Å². The van der Waals surface area contributed by atoms with Gasteiger partial charge in [0.1, 0.15) is 11.4 Å². The molecule has 0 saturated carbocycles. The second-order valence-corrected chi connectivity index (χ2v) is 6.74. The number of alkyl carbamates (subject to hydrolysis) is 1. The van der Waals surface area contributed by atoms with Crippen molar-refractivity contribution in [1.82, 2.24) is 5.32 Å². The Morgan fingerprint density at radius 1 is 1.48 bits per heavy atom. The average Bonchev–Trinajstić information content (AvgIpc) is 2.36. The van der Waals surface area contributed by atoms with Gasteiger partial charge in [-0.3, -0.25) is 0 Å². The third kappa shape index (κ3) is 6.91. The van der Waals surface area contributed by atoms with E-state index in [-0.39, 0.29) is 18.3 Å². The summed E-state index contributed by atoms with van der Waals surface area (Å²) < 4.78 is 18.7. The van der Waals surface area contributed by atoms with E-state index in [0.717, 1.165) is 5.56 Å². The number of ether oxygens (including phenoxy) is 1. The van der Waals surface area contributed by atoms with Gasteiger partial charge >= 0.3 is 6.09 Å². The molecule has 118 valence electrons.